The van der Waals surface area contributed by atoms with Gasteiger partial charge in [-0.15, -0.1) is 0 Å². The summed E-state index contributed by atoms with van der Waals surface area (Å²) in [7, 11) is -4.28. The molecule has 8 heteroatoms. The summed E-state index contributed by atoms with van der Waals surface area (Å²) in [6.07, 6.45) is -2.97. The van der Waals surface area contributed by atoms with E-state index in [2.05, 4.69) is 10.6 Å². The number of halogens is 3. The van der Waals surface area contributed by atoms with Gasteiger partial charge in [-0.25, -0.2) is 8.42 Å². The molecule has 0 spiro atoms. The van der Waals surface area contributed by atoms with Gasteiger partial charge in [0, 0.05) is 17.6 Å². The van der Waals surface area contributed by atoms with Crippen LogP contribution in [-0.2, 0) is 16.0 Å². The van der Waals surface area contributed by atoms with Crippen LogP contribution in [0, 0.1) is 0 Å². The molecule has 1 fully saturated rings. The maximum absolute atomic E-state index is 13.3. The first-order valence-electron chi connectivity index (χ1n) is 8.81. The highest BCUT2D eigenvalue weighted by atomic mass is 32.2. The standard InChI is InChI=1S/C19H19F3N2O2S/c20-19(21,22)15-3-1-2-4-18(15)27(25,26)12-5-6-16-14(11-12)13-7-9-23-10-8-17(13)24-16/h1-6,11,13,17,23-24H,7-10H2/t13-,17?/m1/s1. The summed E-state index contributed by atoms with van der Waals surface area (Å²) in [6.45, 7) is 1.71. The maximum atomic E-state index is 13.3. The van der Waals surface area contributed by atoms with Crippen molar-refractivity contribution in [2.24, 2.45) is 0 Å². The predicted molar refractivity (Wildman–Crippen MR) is 95.6 cm³/mol. The first-order valence-corrected chi connectivity index (χ1v) is 10.3. The van der Waals surface area contributed by atoms with E-state index in [4.69, 9.17) is 0 Å². The van der Waals surface area contributed by atoms with Gasteiger partial charge < -0.3 is 10.6 Å². The van der Waals surface area contributed by atoms with Crippen LogP contribution in [-0.4, -0.2) is 27.5 Å². The molecule has 0 amide bonds. The van der Waals surface area contributed by atoms with E-state index in [9.17, 15) is 21.6 Å². The van der Waals surface area contributed by atoms with E-state index in [0.717, 1.165) is 49.3 Å². The largest absolute Gasteiger partial charge is 0.417 e. The van der Waals surface area contributed by atoms with E-state index in [-0.39, 0.29) is 16.9 Å². The quantitative estimate of drug-likeness (QED) is 0.811. The van der Waals surface area contributed by atoms with Gasteiger partial charge in [0.25, 0.3) is 0 Å². The zero-order chi connectivity index (χ0) is 19.2. The van der Waals surface area contributed by atoms with Crippen LogP contribution < -0.4 is 10.6 Å². The summed E-state index contributed by atoms with van der Waals surface area (Å²) in [4.78, 5) is -0.805. The van der Waals surface area contributed by atoms with Crippen molar-refractivity contribution in [2.45, 2.75) is 40.8 Å². The van der Waals surface area contributed by atoms with Crippen LogP contribution >= 0.6 is 0 Å². The highest BCUT2D eigenvalue weighted by molar-refractivity contribution is 7.91. The third kappa shape index (κ3) is 3.21. The molecule has 2 heterocycles. The molecule has 0 aliphatic carbocycles. The number of hydrogen-bond donors (Lipinski definition) is 2. The van der Waals surface area contributed by atoms with Crippen LogP contribution in [0.15, 0.2) is 52.3 Å². The van der Waals surface area contributed by atoms with Crippen molar-refractivity contribution < 1.29 is 21.6 Å². The highest BCUT2D eigenvalue weighted by Crippen LogP contribution is 2.42. The number of benzene rings is 2. The Bertz CT molecular complexity index is 973. The highest BCUT2D eigenvalue weighted by Gasteiger charge is 2.38. The minimum absolute atomic E-state index is 0.0994. The fourth-order valence-electron chi connectivity index (χ4n) is 4.00. The van der Waals surface area contributed by atoms with Gasteiger partial charge in [-0.3, -0.25) is 0 Å². The van der Waals surface area contributed by atoms with Gasteiger partial charge in [0.1, 0.15) is 0 Å². The van der Waals surface area contributed by atoms with Crippen molar-refractivity contribution in [2.75, 3.05) is 18.4 Å². The zero-order valence-electron chi connectivity index (χ0n) is 14.4. The van der Waals surface area contributed by atoms with Crippen molar-refractivity contribution in [3.8, 4) is 0 Å². The van der Waals surface area contributed by atoms with E-state index in [1.807, 2.05) is 0 Å². The molecule has 1 unspecified atom stereocenters. The first kappa shape index (κ1) is 18.3. The SMILES string of the molecule is O=S(=O)(c1ccc2c(c1)[C@H]1CCNCCC1N2)c1ccccc1C(F)(F)F. The summed E-state index contributed by atoms with van der Waals surface area (Å²) in [5.41, 5.74) is 0.601. The first-order chi connectivity index (χ1) is 12.8. The molecular weight excluding hydrogens is 377 g/mol. The molecule has 144 valence electrons. The van der Waals surface area contributed by atoms with Crippen LogP contribution in [0.5, 0.6) is 0 Å². The van der Waals surface area contributed by atoms with Crippen LogP contribution in [0.3, 0.4) is 0 Å². The van der Waals surface area contributed by atoms with Gasteiger partial charge in [-0.05, 0) is 61.8 Å². The Labute approximate surface area is 155 Å². The summed E-state index contributed by atoms with van der Waals surface area (Å²) in [5, 5.41) is 6.73. The second kappa shape index (κ2) is 6.53. The van der Waals surface area contributed by atoms with Gasteiger partial charge in [0.2, 0.25) is 9.84 Å². The third-order valence-electron chi connectivity index (χ3n) is 5.31. The van der Waals surface area contributed by atoms with E-state index >= 15 is 0 Å². The molecule has 2 aromatic carbocycles. The molecule has 0 saturated carbocycles. The topological polar surface area (TPSA) is 58.2 Å². The number of alkyl halides is 3. The molecule has 4 rings (SSSR count). The van der Waals surface area contributed by atoms with E-state index < -0.39 is 26.5 Å². The smallest absolute Gasteiger partial charge is 0.381 e. The van der Waals surface area contributed by atoms with Crippen molar-refractivity contribution in [3.05, 3.63) is 53.6 Å². The monoisotopic (exact) mass is 396 g/mol. The van der Waals surface area contributed by atoms with E-state index in [1.165, 1.54) is 18.2 Å². The number of nitrogens with one attached hydrogen (secondary N) is 2. The van der Waals surface area contributed by atoms with Crippen LogP contribution in [0.1, 0.15) is 29.9 Å². The van der Waals surface area contributed by atoms with Crippen molar-refractivity contribution in [3.63, 3.8) is 0 Å². The molecule has 2 aromatic rings. The van der Waals surface area contributed by atoms with Crippen LogP contribution in [0.2, 0.25) is 0 Å². The van der Waals surface area contributed by atoms with Gasteiger partial charge in [-0.1, -0.05) is 12.1 Å². The van der Waals surface area contributed by atoms with Crippen molar-refractivity contribution >= 4 is 15.5 Å². The Morgan fingerprint density at radius 1 is 1.00 bits per heavy atom. The molecule has 2 N–H and O–H groups in total. The number of sulfone groups is 1. The van der Waals surface area contributed by atoms with Crippen LogP contribution in [0.25, 0.3) is 0 Å². The molecule has 0 bridgehead atoms. The fourth-order valence-corrected chi connectivity index (χ4v) is 5.51. The molecule has 1 saturated heterocycles. The molecule has 0 radical (unpaired) electrons. The number of fused-ring (bicyclic) bond motifs is 3. The zero-order valence-corrected chi connectivity index (χ0v) is 15.2. The lowest BCUT2D eigenvalue weighted by Crippen LogP contribution is -2.21. The number of hydrogen-bond acceptors (Lipinski definition) is 4. The van der Waals surface area contributed by atoms with Crippen LogP contribution in [0.4, 0.5) is 18.9 Å². The average Bonchev–Trinajstić information content (AvgIpc) is 2.81. The van der Waals surface area contributed by atoms with E-state index in [1.54, 1.807) is 12.1 Å². The normalized spacial score (nSPS) is 22.5. The second-order valence-corrected chi connectivity index (χ2v) is 8.85. The number of anilines is 1. The minimum atomic E-state index is -4.74. The lowest BCUT2D eigenvalue weighted by molar-refractivity contribution is -0.139. The predicted octanol–water partition coefficient (Wildman–Crippen LogP) is 3.80. The summed E-state index contributed by atoms with van der Waals surface area (Å²) < 4.78 is 65.9. The third-order valence-corrected chi connectivity index (χ3v) is 7.12. The van der Waals surface area contributed by atoms with E-state index in [0.29, 0.717) is 0 Å². The Balaban J connectivity index is 1.79. The lowest BCUT2D eigenvalue weighted by Gasteiger charge is -2.16. The fraction of sp³-hybridized carbons (Fsp3) is 0.368. The number of rotatable bonds is 2. The molecule has 2 aliphatic heterocycles. The Kier molecular flexibility index (Phi) is 4.43. The molecule has 27 heavy (non-hydrogen) atoms. The van der Waals surface area contributed by atoms with Gasteiger partial charge in [0.05, 0.1) is 15.4 Å². The molecule has 2 atom stereocenters. The molecule has 2 aliphatic rings. The average molecular weight is 396 g/mol. The molecule has 0 aromatic heterocycles. The second-order valence-electron chi connectivity index (χ2n) is 6.93. The summed E-state index contributed by atoms with van der Waals surface area (Å²) in [5.74, 6) is 0.156. The van der Waals surface area contributed by atoms with Gasteiger partial charge in [-0.2, -0.15) is 13.2 Å². The summed E-state index contributed by atoms with van der Waals surface area (Å²) >= 11 is 0. The summed E-state index contributed by atoms with van der Waals surface area (Å²) in [6, 6.07) is 9.13. The Morgan fingerprint density at radius 3 is 2.52 bits per heavy atom. The molecule has 4 nitrogen and oxygen atoms in total. The minimum Gasteiger partial charge on any atom is -0.381 e. The van der Waals surface area contributed by atoms with Gasteiger partial charge >= 0.3 is 6.18 Å². The maximum Gasteiger partial charge on any atom is 0.417 e. The van der Waals surface area contributed by atoms with Crippen molar-refractivity contribution in [1.29, 1.82) is 0 Å². The molecular formula is C19H19F3N2O2S. The lowest BCUT2D eigenvalue weighted by atomic mass is 9.91. The Morgan fingerprint density at radius 2 is 1.74 bits per heavy atom. The Hall–Kier alpha value is -2.06. The van der Waals surface area contributed by atoms with Crippen molar-refractivity contribution in [1.82, 2.24) is 5.32 Å². The van der Waals surface area contributed by atoms with Gasteiger partial charge in [0.15, 0.2) is 0 Å².